The molecule has 2 spiro atoms. The van der Waals surface area contributed by atoms with Crippen LogP contribution >= 0.6 is 0 Å². The van der Waals surface area contributed by atoms with Gasteiger partial charge in [0.1, 0.15) is 12.2 Å². The van der Waals surface area contributed by atoms with Crippen molar-refractivity contribution in [2.75, 3.05) is 40.3 Å². The van der Waals surface area contributed by atoms with Gasteiger partial charge in [-0.25, -0.2) is 0 Å². The molecule has 2 saturated carbocycles. The van der Waals surface area contributed by atoms with E-state index in [0.717, 1.165) is 35.3 Å². The zero-order valence-corrected chi connectivity index (χ0v) is 32.8. The summed E-state index contributed by atoms with van der Waals surface area (Å²) >= 11 is 0. The van der Waals surface area contributed by atoms with Crippen LogP contribution in [0.4, 0.5) is 0 Å². The molecule has 2 saturated heterocycles. The Bertz CT molecular complexity index is 1990. The molecule has 16 heteroatoms. The summed E-state index contributed by atoms with van der Waals surface area (Å²) in [5.41, 5.74) is 0.0369. The van der Waals surface area contributed by atoms with Gasteiger partial charge in [0.05, 0.1) is 47.2 Å². The molecule has 16 nitrogen and oxygen atoms in total. The van der Waals surface area contributed by atoms with Crippen LogP contribution < -0.4 is 30.7 Å². The monoisotopic (exact) mass is 800 g/mol. The maximum Gasteiger partial charge on any atom is 0.239 e. The van der Waals surface area contributed by atoms with Crippen molar-refractivity contribution in [2.45, 2.75) is 123 Å². The summed E-state index contributed by atoms with van der Waals surface area (Å²) < 4.78 is 12.9. The number of aromatic hydroxyl groups is 2. The minimum Gasteiger partial charge on any atom is -0.504 e. The van der Waals surface area contributed by atoms with Crippen molar-refractivity contribution in [1.29, 1.82) is 0 Å². The molecule has 2 aromatic rings. The highest BCUT2D eigenvalue weighted by atomic mass is 16.5. The van der Waals surface area contributed by atoms with Crippen molar-refractivity contribution in [2.24, 2.45) is 0 Å². The van der Waals surface area contributed by atoms with Gasteiger partial charge in [0.15, 0.2) is 23.0 Å². The number of ether oxygens (including phenoxy) is 2. The van der Waals surface area contributed by atoms with Crippen LogP contribution in [0.15, 0.2) is 24.3 Å². The predicted molar refractivity (Wildman–Crippen MR) is 205 cm³/mol. The topological polar surface area (TPSA) is 222 Å². The molecule has 2 aromatic carbocycles. The van der Waals surface area contributed by atoms with Crippen molar-refractivity contribution in [3.05, 3.63) is 46.5 Å². The Hall–Kier alpha value is -4.64. The highest BCUT2D eigenvalue weighted by Gasteiger charge is 2.74. The summed E-state index contributed by atoms with van der Waals surface area (Å²) in [7, 11) is 4.04. The first kappa shape index (κ1) is 37.6. The van der Waals surface area contributed by atoms with Gasteiger partial charge in [0.25, 0.3) is 0 Å². The Morgan fingerprint density at radius 2 is 1.07 bits per heavy atom. The summed E-state index contributed by atoms with van der Waals surface area (Å²) in [5, 5.41) is 57.4. The number of hydrogen-bond donors (Lipinski definition) is 8. The summed E-state index contributed by atoms with van der Waals surface area (Å²) in [6.45, 7) is 0.830. The quantitative estimate of drug-likeness (QED) is 0.159. The van der Waals surface area contributed by atoms with E-state index in [1.807, 2.05) is 26.2 Å². The van der Waals surface area contributed by atoms with E-state index in [9.17, 15) is 39.6 Å². The zero-order chi connectivity index (χ0) is 40.5. The predicted octanol–water partition coefficient (Wildman–Crippen LogP) is -0.652. The molecule has 10 rings (SSSR count). The van der Waals surface area contributed by atoms with Crippen molar-refractivity contribution in [1.82, 2.24) is 31.1 Å². The molecular weight excluding hydrogens is 748 g/mol. The molecule has 0 radical (unpaired) electrons. The number of amides is 4. The number of benzene rings is 2. The number of rotatable bonds is 9. The Kier molecular flexibility index (Phi) is 8.39. The summed E-state index contributed by atoms with van der Waals surface area (Å²) in [6, 6.07) is 5.89. The van der Waals surface area contributed by atoms with Gasteiger partial charge < -0.3 is 61.0 Å². The molecule has 4 aliphatic carbocycles. The number of carbonyl (C=O) groups excluding carboxylic acids is 4. The number of carbonyl (C=O) groups is 4. The van der Waals surface area contributed by atoms with Crippen molar-refractivity contribution in [3.63, 3.8) is 0 Å². The Labute approximate surface area is 335 Å². The first-order valence-corrected chi connectivity index (χ1v) is 20.7. The van der Waals surface area contributed by atoms with E-state index in [2.05, 4.69) is 31.1 Å². The van der Waals surface area contributed by atoms with Crippen molar-refractivity contribution < 1.29 is 49.1 Å². The summed E-state index contributed by atoms with van der Waals surface area (Å²) in [6.07, 6.45) is 2.72. The van der Waals surface area contributed by atoms with E-state index in [1.54, 1.807) is 12.1 Å². The lowest BCUT2D eigenvalue weighted by atomic mass is 9.48. The van der Waals surface area contributed by atoms with Gasteiger partial charge in [-0.1, -0.05) is 12.1 Å². The van der Waals surface area contributed by atoms with E-state index in [4.69, 9.17) is 9.47 Å². The molecule has 4 amide bonds. The average Bonchev–Trinajstić information content (AvgIpc) is 3.75. The molecule has 10 atom stereocenters. The second kappa shape index (κ2) is 12.9. The number of nitrogens with zero attached hydrogens (tertiary/aromatic N) is 2. The molecule has 4 fully saturated rings. The second-order valence-electron chi connectivity index (χ2n) is 18.1. The standard InChI is InChI=1S/C42H52N6O10/c1-47-15-13-39-33-21-3-5-25(49)35(33)57-37(39)23(9-11-41(39,55)27(47)17-21)45-31(53)19-43-29(51)7-8-30(52)44-20-32(54)46-24-10-12-42(56)28-18-22-4-6-26(50)36-34(22)40(42,38(24)58-36)14-16-48(28)2/h3-6,23-24,27-28,37-38,49-50,55-56H,7-20H2,1-2H3,(H,43,51)(H,44,52)(H,45,53)(H,46,54)/t23-,24-,27-,28-,37-,38-,39+,40+,41+,42+/m1/s1. The molecule has 58 heavy (non-hydrogen) atoms. The molecule has 8 N–H and O–H groups in total. The average molecular weight is 801 g/mol. The lowest BCUT2D eigenvalue weighted by Crippen LogP contribution is -2.77. The smallest absolute Gasteiger partial charge is 0.239 e. The molecular formula is C42H52N6O10. The van der Waals surface area contributed by atoms with Gasteiger partial charge in [-0.3, -0.25) is 19.2 Å². The fourth-order valence-electron chi connectivity index (χ4n) is 13.1. The van der Waals surface area contributed by atoms with Crippen LogP contribution in [0.1, 0.15) is 73.6 Å². The van der Waals surface area contributed by atoms with Crippen LogP contribution in [-0.4, -0.2) is 142 Å². The number of hydrogen-bond acceptors (Lipinski definition) is 12. The molecule has 0 aromatic heterocycles. The number of nitrogens with one attached hydrogen (secondary N) is 4. The zero-order valence-electron chi connectivity index (χ0n) is 32.8. The maximum atomic E-state index is 13.2. The Balaban J connectivity index is 0.711. The SMILES string of the molecule is CN1CC[C@]23c4c5ccc(O)c4O[C@@H]2[C@H](NC(=O)CNC(=O)CCC(=O)NCC(=O)N[C@@H]2CC[C@]4(O)[C@H]6Cc7ccc(O)c8c7[C@@]4(CCN6C)[C@@H]2O8)CC[C@]3(O)[C@H]1C5. The first-order chi connectivity index (χ1) is 27.7. The van der Waals surface area contributed by atoms with Gasteiger partial charge in [-0.2, -0.15) is 0 Å². The number of piperidine rings is 2. The molecule has 4 aliphatic heterocycles. The number of likely N-dealkylation sites (N-methyl/N-ethyl adjacent to an activating group) is 2. The minimum absolute atomic E-state index is 0.0148. The van der Waals surface area contributed by atoms with Crippen molar-refractivity contribution >= 4 is 23.6 Å². The number of phenolic OH excluding ortho intramolecular Hbond substituents is 2. The third-order valence-electron chi connectivity index (χ3n) is 15.6. The largest absolute Gasteiger partial charge is 0.504 e. The van der Waals surface area contributed by atoms with Crippen molar-refractivity contribution in [3.8, 4) is 23.0 Å². The summed E-state index contributed by atoms with van der Waals surface area (Å²) in [5.74, 6) is -1.08. The molecule has 8 aliphatic rings. The second-order valence-corrected chi connectivity index (χ2v) is 18.1. The first-order valence-electron chi connectivity index (χ1n) is 20.7. The van der Waals surface area contributed by atoms with E-state index >= 15 is 0 Å². The van der Waals surface area contributed by atoms with Crippen LogP contribution in [0, 0.1) is 0 Å². The molecule has 0 unspecified atom stereocenters. The lowest BCUT2D eigenvalue weighted by molar-refractivity contribution is -0.187. The van der Waals surface area contributed by atoms with Gasteiger partial charge >= 0.3 is 0 Å². The van der Waals surface area contributed by atoms with Crippen LogP contribution in [-0.2, 0) is 42.8 Å². The van der Waals surface area contributed by atoms with Crippen LogP contribution in [0.2, 0.25) is 0 Å². The lowest BCUT2D eigenvalue weighted by Gasteiger charge is -2.63. The normalized spacial score (nSPS) is 37.0. The van der Waals surface area contributed by atoms with E-state index < -0.39 is 70.0 Å². The fourth-order valence-corrected chi connectivity index (χ4v) is 13.1. The number of phenols is 2. The highest BCUT2D eigenvalue weighted by molar-refractivity contribution is 5.89. The number of aliphatic hydroxyl groups is 2. The molecule has 4 heterocycles. The Morgan fingerprint density at radius 1 is 0.655 bits per heavy atom. The molecule has 4 bridgehead atoms. The third-order valence-corrected chi connectivity index (χ3v) is 15.6. The third kappa shape index (κ3) is 4.94. The minimum atomic E-state index is -1.09. The fraction of sp³-hybridized carbons (Fsp3) is 0.619. The van der Waals surface area contributed by atoms with E-state index in [-0.39, 0.29) is 49.5 Å². The maximum absolute atomic E-state index is 13.2. The van der Waals surface area contributed by atoms with Gasteiger partial charge in [0, 0.05) is 36.1 Å². The van der Waals surface area contributed by atoms with E-state index in [0.29, 0.717) is 62.9 Å². The van der Waals surface area contributed by atoms with E-state index in [1.165, 1.54) is 0 Å². The van der Waals surface area contributed by atoms with Crippen LogP contribution in [0.25, 0.3) is 0 Å². The van der Waals surface area contributed by atoms with Gasteiger partial charge in [-0.05, 0) is 102 Å². The number of likely N-dealkylation sites (tertiary alicyclic amines) is 2. The molecule has 310 valence electrons. The van der Waals surface area contributed by atoms with Crippen LogP contribution in [0.3, 0.4) is 0 Å². The highest BCUT2D eigenvalue weighted by Crippen LogP contribution is 2.67. The summed E-state index contributed by atoms with van der Waals surface area (Å²) in [4.78, 5) is 56.3. The van der Waals surface area contributed by atoms with Crippen LogP contribution in [0.5, 0.6) is 23.0 Å². The Morgan fingerprint density at radius 3 is 1.48 bits per heavy atom. The van der Waals surface area contributed by atoms with Gasteiger partial charge in [-0.15, -0.1) is 0 Å². The van der Waals surface area contributed by atoms with Gasteiger partial charge in [0.2, 0.25) is 23.6 Å².